The molecule has 1 atom stereocenters. The molecule has 2 amide bonds. The first kappa shape index (κ1) is 20.5. The Bertz CT molecular complexity index is 717. The van der Waals surface area contributed by atoms with Gasteiger partial charge < -0.3 is 15.0 Å². The van der Waals surface area contributed by atoms with Crippen molar-refractivity contribution in [2.45, 2.75) is 45.8 Å². The minimum Gasteiger partial charge on any atom is -0.484 e. The number of hydrogen-bond donors (Lipinski definition) is 1. The predicted molar refractivity (Wildman–Crippen MR) is 106 cm³/mol. The highest BCUT2D eigenvalue weighted by Crippen LogP contribution is 2.14. The lowest BCUT2D eigenvalue weighted by molar-refractivity contribution is -0.143. The fraction of sp³-hybridized carbons (Fsp3) is 0.364. The number of carbonyl (C=O) groups is 2. The van der Waals surface area contributed by atoms with E-state index in [9.17, 15) is 9.59 Å². The van der Waals surface area contributed by atoms with E-state index in [0.29, 0.717) is 18.7 Å². The molecule has 0 fully saturated rings. The standard InChI is InChI=1S/C22H28N2O3/c1-4-20(22(26)23-17(2)3)24(15-18-11-7-5-8-12-18)21(25)16-27-19-13-9-6-10-14-19/h5-14,17,20H,4,15-16H2,1-3H3,(H,23,26)/t20-/m0/s1. The average Bonchev–Trinajstić information content (AvgIpc) is 2.67. The number of hydrogen-bond acceptors (Lipinski definition) is 3. The number of benzene rings is 2. The number of carbonyl (C=O) groups excluding carboxylic acids is 2. The van der Waals surface area contributed by atoms with E-state index >= 15 is 0 Å². The van der Waals surface area contributed by atoms with Crippen LogP contribution in [0.5, 0.6) is 5.75 Å². The molecule has 0 radical (unpaired) electrons. The highest BCUT2D eigenvalue weighted by molar-refractivity contribution is 5.88. The number of amides is 2. The van der Waals surface area contributed by atoms with Gasteiger partial charge >= 0.3 is 0 Å². The zero-order valence-electron chi connectivity index (χ0n) is 16.2. The van der Waals surface area contributed by atoms with Gasteiger partial charge in [0.1, 0.15) is 11.8 Å². The zero-order valence-corrected chi connectivity index (χ0v) is 16.2. The molecular weight excluding hydrogens is 340 g/mol. The number of para-hydroxylation sites is 1. The first-order chi connectivity index (χ1) is 13.0. The van der Waals surface area contributed by atoms with Crippen LogP contribution in [0, 0.1) is 0 Å². The summed E-state index contributed by atoms with van der Waals surface area (Å²) in [5.41, 5.74) is 0.973. The normalized spacial score (nSPS) is 11.7. The summed E-state index contributed by atoms with van der Waals surface area (Å²) < 4.78 is 5.62. The zero-order chi connectivity index (χ0) is 19.6. The van der Waals surface area contributed by atoms with Crippen molar-refractivity contribution in [1.82, 2.24) is 10.2 Å². The first-order valence-corrected chi connectivity index (χ1v) is 9.32. The summed E-state index contributed by atoms with van der Waals surface area (Å²) in [6, 6.07) is 18.4. The molecular formula is C22H28N2O3. The molecule has 2 rings (SSSR count). The van der Waals surface area contributed by atoms with Gasteiger partial charge in [0.2, 0.25) is 5.91 Å². The van der Waals surface area contributed by atoms with Crippen molar-refractivity contribution in [3.05, 3.63) is 66.2 Å². The summed E-state index contributed by atoms with van der Waals surface area (Å²) in [4.78, 5) is 27.2. The molecule has 5 nitrogen and oxygen atoms in total. The maximum atomic E-state index is 12.9. The van der Waals surface area contributed by atoms with Crippen molar-refractivity contribution in [1.29, 1.82) is 0 Å². The van der Waals surface area contributed by atoms with Crippen molar-refractivity contribution in [2.75, 3.05) is 6.61 Å². The van der Waals surface area contributed by atoms with E-state index in [0.717, 1.165) is 5.56 Å². The summed E-state index contributed by atoms with van der Waals surface area (Å²) >= 11 is 0. The molecule has 2 aromatic rings. The Hall–Kier alpha value is -2.82. The second-order valence-corrected chi connectivity index (χ2v) is 6.70. The molecule has 1 N–H and O–H groups in total. The van der Waals surface area contributed by atoms with Crippen LogP contribution in [0.4, 0.5) is 0 Å². The van der Waals surface area contributed by atoms with Crippen molar-refractivity contribution < 1.29 is 14.3 Å². The van der Waals surface area contributed by atoms with E-state index in [4.69, 9.17) is 4.74 Å². The van der Waals surface area contributed by atoms with Crippen molar-refractivity contribution in [3.8, 4) is 5.75 Å². The van der Waals surface area contributed by atoms with E-state index in [2.05, 4.69) is 5.32 Å². The summed E-state index contributed by atoms with van der Waals surface area (Å²) in [6.45, 7) is 5.98. The maximum Gasteiger partial charge on any atom is 0.261 e. The smallest absolute Gasteiger partial charge is 0.261 e. The Morgan fingerprint density at radius 2 is 1.59 bits per heavy atom. The average molecular weight is 368 g/mol. The van der Waals surface area contributed by atoms with Gasteiger partial charge in [-0.3, -0.25) is 9.59 Å². The van der Waals surface area contributed by atoms with Crippen LogP contribution in [0.2, 0.25) is 0 Å². The summed E-state index contributed by atoms with van der Waals surface area (Å²) in [7, 11) is 0. The largest absolute Gasteiger partial charge is 0.484 e. The minimum absolute atomic E-state index is 0.0146. The third kappa shape index (κ3) is 6.44. The van der Waals surface area contributed by atoms with Gasteiger partial charge in [0.05, 0.1) is 0 Å². The molecule has 0 spiro atoms. The van der Waals surface area contributed by atoms with Gasteiger partial charge in [-0.15, -0.1) is 0 Å². The fourth-order valence-electron chi connectivity index (χ4n) is 2.83. The van der Waals surface area contributed by atoms with Crippen LogP contribution in [-0.4, -0.2) is 35.4 Å². The highest BCUT2D eigenvalue weighted by Gasteiger charge is 2.29. The monoisotopic (exact) mass is 368 g/mol. The third-order valence-electron chi connectivity index (χ3n) is 4.12. The van der Waals surface area contributed by atoms with E-state index in [1.165, 1.54) is 0 Å². The molecule has 0 aliphatic carbocycles. The van der Waals surface area contributed by atoms with E-state index < -0.39 is 6.04 Å². The summed E-state index contributed by atoms with van der Waals surface area (Å²) in [5, 5.41) is 2.92. The second kappa shape index (κ2) is 10.4. The van der Waals surface area contributed by atoms with Crippen molar-refractivity contribution in [2.24, 2.45) is 0 Å². The Morgan fingerprint density at radius 3 is 2.15 bits per heavy atom. The van der Waals surface area contributed by atoms with Crippen molar-refractivity contribution in [3.63, 3.8) is 0 Å². The Morgan fingerprint density at radius 1 is 1.00 bits per heavy atom. The van der Waals surface area contributed by atoms with Crippen molar-refractivity contribution >= 4 is 11.8 Å². The van der Waals surface area contributed by atoms with Gasteiger partial charge in [-0.25, -0.2) is 0 Å². The van der Waals surface area contributed by atoms with Crippen LogP contribution in [0.15, 0.2) is 60.7 Å². The van der Waals surface area contributed by atoms with Crippen LogP contribution in [0.25, 0.3) is 0 Å². The molecule has 0 bridgehead atoms. The predicted octanol–water partition coefficient (Wildman–Crippen LogP) is 3.40. The SMILES string of the molecule is CC[C@@H](C(=O)NC(C)C)N(Cc1ccccc1)C(=O)COc1ccccc1. The topological polar surface area (TPSA) is 58.6 Å². The summed E-state index contributed by atoms with van der Waals surface area (Å²) in [5.74, 6) is 0.273. The van der Waals surface area contributed by atoms with Crippen LogP contribution in [0.1, 0.15) is 32.8 Å². The molecule has 2 aromatic carbocycles. The highest BCUT2D eigenvalue weighted by atomic mass is 16.5. The molecule has 5 heteroatoms. The van der Waals surface area contributed by atoms with Gasteiger partial charge in [-0.2, -0.15) is 0 Å². The summed E-state index contributed by atoms with van der Waals surface area (Å²) in [6.07, 6.45) is 0.530. The van der Waals surface area contributed by atoms with E-state index in [1.807, 2.05) is 69.3 Å². The molecule has 144 valence electrons. The third-order valence-corrected chi connectivity index (χ3v) is 4.12. The van der Waals surface area contributed by atoms with Crippen LogP contribution in [0.3, 0.4) is 0 Å². The van der Waals surface area contributed by atoms with E-state index in [1.54, 1.807) is 17.0 Å². The molecule has 0 saturated heterocycles. The van der Waals surface area contributed by atoms with Gasteiger partial charge in [-0.05, 0) is 38.0 Å². The molecule has 0 unspecified atom stereocenters. The Kier molecular flexibility index (Phi) is 7.86. The van der Waals surface area contributed by atoms with Gasteiger partial charge in [0.15, 0.2) is 6.61 Å². The Labute approximate surface area is 161 Å². The van der Waals surface area contributed by atoms with Crippen LogP contribution >= 0.6 is 0 Å². The fourth-order valence-corrected chi connectivity index (χ4v) is 2.83. The lowest BCUT2D eigenvalue weighted by Crippen LogP contribution is -2.51. The van der Waals surface area contributed by atoms with Gasteiger partial charge in [0, 0.05) is 12.6 Å². The number of rotatable bonds is 9. The van der Waals surface area contributed by atoms with Gasteiger partial charge in [0.25, 0.3) is 5.91 Å². The second-order valence-electron chi connectivity index (χ2n) is 6.70. The van der Waals surface area contributed by atoms with Gasteiger partial charge in [-0.1, -0.05) is 55.5 Å². The lowest BCUT2D eigenvalue weighted by Gasteiger charge is -2.31. The molecule has 0 aliphatic rings. The molecule has 0 heterocycles. The minimum atomic E-state index is -0.542. The van der Waals surface area contributed by atoms with Crippen LogP contribution in [-0.2, 0) is 16.1 Å². The number of nitrogens with zero attached hydrogens (tertiary/aromatic N) is 1. The number of nitrogens with one attached hydrogen (secondary N) is 1. The molecule has 0 saturated carbocycles. The lowest BCUT2D eigenvalue weighted by atomic mass is 10.1. The molecule has 27 heavy (non-hydrogen) atoms. The van der Waals surface area contributed by atoms with E-state index in [-0.39, 0.29) is 24.5 Å². The Balaban J connectivity index is 2.16. The molecule has 0 aromatic heterocycles. The number of ether oxygens (including phenoxy) is 1. The quantitative estimate of drug-likeness (QED) is 0.738. The molecule has 0 aliphatic heterocycles. The first-order valence-electron chi connectivity index (χ1n) is 9.32. The van der Waals surface area contributed by atoms with Crippen LogP contribution < -0.4 is 10.1 Å². The maximum absolute atomic E-state index is 12.9.